The number of hydrogen-bond acceptors (Lipinski definition) is 3. The van der Waals surface area contributed by atoms with Gasteiger partial charge in [0.05, 0.1) is 12.2 Å². The van der Waals surface area contributed by atoms with Gasteiger partial charge in [-0.1, -0.05) is 20.8 Å². The van der Waals surface area contributed by atoms with Crippen molar-refractivity contribution in [1.29, 1.82) is 0 Å². The molecule has 0 spiro atoms. The Bertz CT molecular complexity index is 562. The van der Waals surface area contributed by atoms with E-state index < -0.39 is 0 Å². The van der Waals surface area contributed by atoms with Gasteiger partial charge in [0, 0.05) is 6.42 Å². The molecule has 0 bridgehead atoms. The third-order valence-corrected chi connectivity index (χ3v) is 10.1. The molecule has 0 heterocycles. The Morgan fingerprint density at radius 2 is 1.67 bits per heavy atom. The molecular formula is C24H39O3. The molecule has 2 N–H and O–H groups in total. The Labute approximate surface area is 165 Å². The van der Waals surface area contributed by atoms with Gasteiger partial charge in [-0.25, -0.2) is 0 Å². The molecular weight excluding hydrogens is 336 g/mol. The SMILES string of the molecule is C[C@H](CC[C]=O)[C@H]1CC[C@H]2[C@@H]3C[C@H](O)[C@@H]4C[C@H](O)CC[C@]4(C)[C@H]3CC[C@]12C. The molecule has 0 aromatic rings. The first-order chi connectivity index (χ1) is 12.8. The van der Waals surface area contributed by atoms with Crippen LogP contribution in [0.3, 0.4) is 0 Å². The predicted octanol–water partition coefficient (Wildman–Crippen LogP) is 4.50. The number of aliphatic hydroxyl groups is 2. The zero-order valence-electron chi connectivity index (χ0n) is 17.5. The van der Waals surface area contributed by atoms with Gasteiger partial charge >= 0.3 is 0 Å². The fraction of sp³-hybridized carbons (Fsp3) is 0.958. The average Bonchev–Trinajstić information content (AvgIpc) is 2.99. The molecule has 0 aromatic heterocycles. The third kappa shape index (κ3) is 3.03. The van der Waals surface area contributed by atoms with Crippen molar-refractivity contribution in [3.05, 3.63) is 0 Å². The van der Waals surface area contributed by atoms with Crippen molar-refractivity contribution in [2.45, 2.75) is 97.2 Å². The molecule has 0 aliphatic heterocycles. The summed E-state index contributed by atoms with van der Waals surface area (Å²) in [4.78, 5) is 10.7. The van der Waals surface area contributed by atoms with E-state index in [1.807, 2.05) is 0 Å². The minimum absolute atomic E-state index is 0.207. The molecule has 10 atom stereocenters. The molecule has 27 heavy (non-hydrogen) atoms. The van der Waals surface area contributed by atoms with Crippen molar-refractivity contribution in [1.82, 2.24) is 0 Å². The second kappa shape index (κ2) is 7.13. The molecule has 4 aliphatic rings. The lowest BCUT2D eigenvalue weighted by Gasteiger charge is -2.62. The molecule has 3 heteroatoms. The van der Waals surface area contributed by atoms with Gasteiger partial charge in [-0.3, -0.25) is 4.79 Å². The number of hydrogen-bond donors (Lipinski definition) is 2. The Hall–Kier alpha value is -0.410. The highest BCUT2D eigenvalue weighted by Crippen LogP contribution is 2.68. The summed E-state index contributed by atoms with van der Waals surface area (Å²) in [6, 6.07) is 0. The fourth-order valence-corrected chi connectivity index (χ4v) is 8.74. The van der Waals surface area contributed by atoms with Gasteiger partial charge in [0.25, 0.3) is 0 Å². The quantitative estimate of drug-likeness (QED) is 0.760. The van der Waals surface area contributed by atoms with E-state index >= 15 is 0 Å². The van der Waals surface area contributed by atoms with Gasteiger partial charge in [-0.15, -0.1) is 0 Å². The van der Waals surface area contributed by atoms with Gasteiger partial charge in [0.15, 0.2) is 6.29 Å². The predicted molar refractivity (Wildman–Crippen MR) is 107 cm³/mol. The lowest BCUT2D eigenvalue weighted by atomic mass is 9.44. The summed E-state index contributed by atoms with van der Waals surface area (Å²) < 4.78 is 0. The van der Waals surface area contributed by atoms with E-state index in [1.165, 1.54) is 25.7 Å². The Balaban J connectivity index is 1.57. The molecule has 0 saturated heterocycles. The van der Waals surface area contributed by atoms with Crippen LogP contribution in [0.2, 0.25) is 0 Å². The van der Waals surface area contributed by atoms with E-state index in [0.717, 1.165) is 38.0 Å². The van der Waals surface area contributed by atoms with Gasteiger partial charge in [-0.2, -0.15) is 0 Å². The van der Waals surface area contributed by atoms with Crippen LogP contribution in [0.25, 0.3) is 0 Å². The number of fused-ring (bicyclic) bond motifs is 5. The first-order valence-electron chi connectivity index (χ1n) is 11.5. The van der Waals surface area contributed by atoms with E-state index in [-0.39, 0.29) is 23.5 Å². The number of rotatable bonds is 4. The van der Waals surface area contributed by atoms with E-state index in [1.54, 1.807) is 0 Å². The molecule has 4 fully saturated rings. The Morgan fingerprint density at radius 3 is 2.41 bits per heavy atom. The Morgan fingerprint density at radius 1 is 0.963 bits per heavy atom. The van der Waals surface area contributed by atoms with Crippen LogP contribution in [0, 0.1) is 46.3 Å². The summed E-state index contributed by atoms with van der Waals surface area (Å²) in [5.74, 6) is 3.68. The zero-order chi connectivity index (χ0) is 19.4. The summed E-state index contributed by atoms with van der Waals surface area (Å²) in [6.07, 6.45) is 12.1. The van der Waals surface area contributed by atoms with Gasteiger partial charge in [0.1, 0.15) is 0 Å². The van der Waals surface area contributed by atoms with Crippen molar-refractivity contribution in [2.24, 2.45) is 46.3 Å². The van der Waals surface area contributed by atoms with Crippen LogP contribution >= 0.6 is 0 Å². The van der Waals surface area contributed by atoms with Crippen LogP contribution in [-0.2, 0) is 4.79 Å². The van der Waals surface area contributed by atoms with Crippen LogP contribution in [0.1, 0.15) is 85.0 Å². The van der Waals surface area contributed by atoms with Gasteiger partial charge in [0.2, 0.25) is 0 Å². The minimum atomic E-state index is -0.241. The lowest BCUT2D eigenvalue weighted by molar-refractivity contribution is -0.172. The Kier molecular flexibility index (Phi) is 5.25. The van der Waals surface area contributed by atoms with Crippen LogP contribution in [0.15, 0.2) is 0 Å². The largest absolute Gasteiger partial charge is 0.393 e. The fourth-order valence-electron chi connectivity index (χ4n) is 8.74. The molecule has 4 saturated carbocycles. The van der Waals surface area contributed by atoms with Crippen LogP contribution in [0.5, 0.6) is 0 Å². The minimum Gasteiger partial charge on any atom is -0.393 e. The van der Waals surface area contributed by atoms with Gasteiger partial charge in [-0.05, 0) is 104 Å². The van der Waals surface area contributed by atoms with E-state index in [0.29, 0.717) is 35.5 Å². The highest BCUT2D eigenvalue weighted by Gasteiger charge is 2.62. The number of carbonyl (C=O) groups excluding carboxylic acids is 1. The van der Waals surface area contributed by atoms with Crippen molar-refractivity contribution in [3.63, 3.8) is 0 Å². The zero-order valence-corrected chi connectivity index (χ0v) is 17.5. The normalized spacial score (nSPS) is 53.1. The third-order valence-electron chi connectivity index (χ3n) is 10.1. The van der Waals surface area contributed by atoms with Crippen molar-refractivity contribution in [3.8, 4) is 0 Å². The molecule has 0 amide bonds. The lowest BCUT2D eigenvalue weighted by Crippen LogP contribution is -2.58. The topological polar surface area (TPSA) is 57.5 Å². The summed E-state index contributed by atoms with van der Waals surface area (Å²) in [5, 5.41) is 21.3. The van der Waals surface area contributed by atoms with Crippen molar-refractivity contribution >= 4 is 6.29 Å². The highest BCUT2D eigenvalue weighted by molar-refractivity contribution is 5.50. The standard InChI is InChI=1S/C24H39O3/c1-15(5-4-12-25)18-6-7-19-17-14-22(27)21-13-16(26)8-10-24(21,3)20(17)9-11-23(18,19)2/h15-22,26-27H,4-11,13-14H2,1-3H3/t15-,16-,17+,18-,19+,20+,21+,22+,23-,24-/m1/s1. The van der Waals surface area contributed by atoms with Crippen LogP contribution in [0.4, 0.5) is 0 Å². The van der Waals surface area contributed by atoms with Gasteiger partial charge < -0.3 is 10.2 Å². The molecule has 3 nitrogen and oxygen atoms in total. The summed E-state index contributed by atoms with van der Waals surface area (Å²) in [7, 11) is 0. The molecule has 153 valence electrons. The first kappa shape index (κ1) is 19.9. The monoisotopic (exact) mass is 375 g/mol. The summed E-state index contributed by atoms with van der Waals surface area (Å²) >= 11 is 0. The van der Waals surface area contributed by atoms with E-state index in [2.05, 4.69) is 27.1 Å². The van der Waals surface area contributed by atoms with Crippen molar-refractivity contribution < 1.29 is 15.0 Å². The average molecular weight is 376 g/mol. The smallest absolute Gasteiger partial charge is 0.198 e. The van der Waals surface area contributed by atoms with Crippen LogP contribution in [-0.4, -0.2) is 28.7 Å². The molecule has 1 radical (unpaired) electrons. The second-order valence-electron chi connectivity index (χ2n) is 11.1. The first-order valence-corrected chi connectivity index (χ1v) is 11.5. The van der Waals surface area contributed by atoms with Crippen LogP contribution < -0.4 is 0 Å². The highest BCUT2D eigenvalue weighted by atomic mass is 16.3. The van der Waals surface area contributed by atoms with Crippen molar-refractivity contribution in [2.75, 3.05) is 0 Å². The summed E-state index contributed by atoms with van der Waals surface area (Å²) in [5.41, 5.74) is 0.583. The summed E-state index contributed by atoms with van der Waals surface area (Å²) in [6.45, 7) is 7.30. The molecule has 0 aromatic carbocycles. The maximum atomic E-state index is 11.1. The number of aliphatic hydroxyl groups excluding tert-OH is 2. The maximum absolute atomic E-state index is 11.1. The van der Waals surface area contributed by atoms with E-state index in [4.69, 9.17) is 0 Å². The molecule has 4 rings (SSSR count). The second-order valence-corrected chi connectivity index (χ2v) is 11.1. The van der Waals surface area contributed by atoms with E-state index in [9.17, 15) is 15.0 Å². The molecule has 4 aliphatic carbocycles. The maximum Gasteiger partial charge on any atom is 0.198 e. The molecule has 0 unspecified atom stereocenters.